The molecule has 0 bridgehead atoms. The van der Waals surface area contributed by atoms with E-state index in [4.69, 9.17) is 18.6 Å². The van der Waals surface area contributed by atoms with Gasteiger partial charge in [-0.15, -0.1) is 0 Å². The molecule has 0 aromatic heterocycles. The number of nitrogens with one attached hydrogen (secondary N) is 2. The number of para-hydroxylation sites is 1. The summed E-state index contributed by atoms with van der Waals surface area (Å²) in [6, 6.07) is 37.7. The van der Waals surface area contributed by atoms with Gasteiger partial charge < -0.3 is 29.3 Å². The molecule has 322 valence electrons. The van der Waals surface area contributed by atoms with E-state index in [1.165, 1.54) is 10.4 Å². The summed E-state index contributed by atoms with van der Waals surface area (Å²) in [4.78, 5) is 39.4. The van der Waals surface area contributed by atoms with Gasteiger partial charge in [0.05, 0.1) is 18.1 Å². The van der Waals surface area contributed by atoms with Crippen molar-refractivity contribution in [1.82, 2.24) is 10.6 Å². The maximum atomic E-state index is 13.5. The fourth-order valence-electron chi connectivity index (χ4n) is 7.02. The lowest BCUT2D eigenvalue weighted by Gasteiger charge is -2.45. The van der Waals surface area contributed by atoms with E-state index in [2.05, 4.69) is 86.9 Å². The van der Waals surface area contributed by atoms with Crippen LogP contribution >= 0.6 is 0 Å². The lowest BCUT2D eigenvalue weighted by atomic mass is 10.0. The maximum Gasteiger partial charge on any atom is 0.329 e. The SMILES string of the molecule is CCCNCC(COc1ccccc1/C(=C/Cc1ccccc1)OC(=O)CCC(=O)N[C@H](C(=O)OC(C)(C)C)C(C)C)O[Si](c1ccccc1)(c1ccccc1)C(C)(C)C. The molecule has 0 saturated carbocycles. The fourth-order valence-corrected chi connectivity index (χ4v) is 11.7. The van der Waals surface area contributed by atoms with E-state index < -0.39 is 37.8 Å². The van der Waals surface area contributed by atoms with Gasteiger partial charge >= 0.3 is 11.9 Å². The standard InChI is InChI=1S/C50H66N2O7Si/c1-10-34-51-35-39(59-60(50(7,8)9,40-24-16-12-17-25-40)41-26-18-13-19-27-41)36-56-43-29-21-20-28-42(43)44(31-30-38-22-14-11-15-23-38)57-46(54)33-32-45(53)52-47(37(2)3)48(55)58-49(4,5)6/h11-29,31,37,39,47,51H,10,30,32-36H2,1-9H3,(H,52,53)/b44-31-/t39?,47-/m0/s1. The molecule has 4 aromatic carbocycles. The second-order valence-corrected chi connectivity index (χ2v) is 21.7. The third kappa shape index (κ3) is 14.0. The van der Waals surface area contributed by atoms with Crippen LogP contribution in [0.3, 0.4) is 0 Å². The fraction of sp³-hybridized carbons (Fsp3) is 0.420. The van der Waals surface area contributed by atoms with Crippen molar-refractivity contribution in [1.29, 1.82) is 0 Å². The minimum atomic E-state index is -2.93. The lowest BCUT2D eigenvalue weighted by Crippen LogP contribution is -2.68. The van der Waals surface area contributed by atoms with Crippen molar-refractivity contribution in [3.63, 3.8) is 0 Å². The highest BCUT2D eigenvalue weighted by Gasteiger charge is 2.51. The summed E-state index contributed by atoms with van der Waals surface area (Å²) in [6.45, 7) is 19.5. The first-order chi connectivity index (χ1) is 28.5. The number of rotatable bonds is 21. The van der Waals surface area contributed by atoms with Gasteiger partial charge in [0, 0.05) is 13.0 Å². The number of carbonyl (C=O) groups is 3. The van der Waals surface area contributed by atoms with Crippen molar-refractivity contribution in [3.05, 3.63) is 132 Å². The highest BCUT2D eigenvalue weighted by molar-refractivity contribution is 6.99. The Balaban J connectivity index is 1.61. The third-order valence-corrected chi connectivity index (χ3v) is 15.0. The topological polar surface area (TPSA) is 112 Å². The van der Waals surface area contributed by atoms with Crippen LogP contribution in [0.2, 0.25) is 5.04 Å². The molecule has 2 N–H and O–H groups in total. The van der Waals surface area contributed by atoms with Crippen LogP contribution in [0.4, 0.5) is 0 Å². The van der Waals surface area contributed by atoms with Gasteiger partial charge in [-0.2, -0.15) is 0 Å². The number of amides is 1. The average Bonchev–Trinajstić information content (AvgIpc) is 3.21. The first-order valence-corrected chi connectivity index (χ1v) is 23.1. The van der Waals surface area contributed by atoms with Crippen LogP contribution < -0.4 is 25.7 Å². The van der Waals surface area contributed by atoms with E-state index in [-0.39, 0.29) is 36.5 Å². The summed E-state index contributed by atoms with van der Waals surface area (Å²) in [5.41, 5.74) is 0.928. The van der Waals surface area contributed by atoms with Crippen molar-refractivity contribution in [2.24, 2.45) is 5.92 Å². The molecule has 0 aliphatic carbocycles. The second-order valence-electron chi connectivity index (χ2n) is 17.5. The van der Waals surface area contributed by atoms with Crippen LogP contribution in [-0.4, -0.2) is 63.6 Å². The van der Waals surface area contributed by atoms with Crippen LogP contribution in [0.5, 0.6) is 5.75 Å². The van der Waals surface area contributed by atoms with Gasteiger partial charge in [-0.25, -0.2) is 4.79 Å². The van der Waals surface area contributed by atoms with Gasteiger partial charge in [-0.05, 0) is 85.3 Å². The molecule has 0 saturated heterocycles. The lowest BCUT2D eigenvalue weighted by molar-refractivity contribution is -0.160. The Labute approximate surface area is 359 Å². The highest BCUT2D eigenvalue weighted by atomic mass is 28.4. The third-order valence-electron chi connectivity index (χ3n) is 9.93. The Morgan fingerprint density at radius 1 is 0.750 bits per heavy atom. The summed E-state index contributed by atoms with van der Waals surface area (Å²) in [5, 5.41) is 8.47. The number of hydrogen-bond donors (Lipinski definition) is 2. The Morgan fingerprint density at radius 2 is 1.32 bits per heavy atom. The first-order valence-electron chi connectivity index (χ1n) is 21.2. The molecule has 10 heteroatoms. The summed E-state index contributed by atoms with van der Waals surface area (Å²) in [6.07, 6.45) is 2.62. The van der Waals surface area contributed by atoms with Crippen molar-refractivity contribution >= 4 is 42.3 Å². The maximum absolute atomic E-state index is 13.5. The molecule has 60 heavy (non-hydrogen) atoms. The minimum Gasteiger partial charge on any atom is -0.490 e. The van der Waals surface area contributed by atoms with E-state index in [9.17, 15) is 14.4 Å². The van der Waals surface area contributed by atoms with Crippen LogP contribution in [-0.2, 0) is 34.7 Å². The minimum absolute atomic E-state index is 0.166. The smallest absolute Gasteiger partial charge is 0.329 e. The highest BCUT2D eigenvalue weighted by Crippen LogP contribution is 2.38. The van der Waals surface area contributed by atoms with Crippen molar-refractivity contribution < 1.29 is 33.0 Å². The van der Waals surface area contributed by atoms with Gasteiger partial charge in [0.2, 0.25) is 5.91 Å². The van der Waals surface area contributed by atoms with E-state index in [1.54, 1.807) is 20.8 Å². The molecule has 0 aliphatic rings. The summed E-state index contributed by atoms with van der Waals surface area (Å²) < 4.78 is 25.8. The van der Waals surface area contributed by atoms with E-state index in [1.807, 2.05) is 86.7 Å². The van der Waals surface area contributed by atoms with E-state index >= 15 is 0 Å². The molecule has 4 aromatic rings. The second kappa shape index (κ2) is 22.5. The molecular formula is C50H66N2O7Si. The van der Waals surface area contributed by atoms with Crippen LogP contribution in [0.1, 0.15) is 92.7 Å². The van der Waals surface area contributed by atoms with Crippen LogP contribution in [0.15, 0.2) is 121 Å². The molecule has 9 nitrogen and oxygen atoms in total. The van der Waals surface area contributed by atoms with Gasteiger partial charge in [-0.3, -0.25) is 9.59 Å². The number of hydrogen-bond acceptors (Lipinski definition) is 8. The summed E-state index contributed by atoms with van der Waals surface area (Å²) >= 11 is 0. The molecule has 4 rings (SSSR count). The zero-order chi connectivity index (χ0) is 43.8. The summed E-state index contributed by atoms with van der Waals surface area (Å²) in [5.74, 6) is -0.908. The van der Waals surface area contributed by atoms with Gasteiger partial charge in [0.25, 0.3) is 8.32 Å². The Bertz CT molecular complexity index is 1930. The molecule has 1 amide bonds. The van der Waals surface area contributed by atoms with Crippen molar-refractivity contribution in [2.75, 3.05) is 19.7 Å². The molecule has 0 heterocycles. The predicted molar refractivity (Wildman–Crippen MR) is 244 cm³/mol. The molecule has 0 spiro atoms. The number of carbonyl (C=O) groups excluding carboxylic acids is 3. The summed E-state index contributed by atoms with van der Waals surface area (Å²) in [7, 11) is -2.93. The predicted octanol–water partition coefficient (Wildman–Crippen LogP) is 8.40. The number of esters is 2. The van der Waals surface area contributed by atoms with Crippen LogP contribution in [0, 0.1) is 5.92 Å². The monoisotopic (exact) mass is 834 g/mol. The van der Waals surface area contributed by atoms with Crippen LogP contribution in [0.25, 0.3) is 5.76 Å². The van der Waals surface area contributed by atoms with Gasteiger partial charge in [0.1, 0.15) is 29.8 Å². The molecule has 2 atom stereocenters. The Morgan fingerprint density at radius 3 is 1.87 bits per heavy atom. The van der Waals surface area contributed by atoms with E-state index in [0.29, 0.717) is 30.0 Å². The molecular weight excluding hydrogens is 769 g/mol. The average molecular weight is 835 g/mol. The zero-order valence-corrected chi connectivity index (χ0v) is 38.1. The van der Waals surface area contributed by atoms with Crippen molar-refractivity contribution in [3.8, 4) is 5.75 Å². The molecule has 0 fully saturated rings. The van der Waals surface area contributed by atoms with E-state index in [0.717, 1.165) is 18.5 Å². The number of allylic oxidation sites excluding steroid dienone is 1. The van der Waals surface area contributed by atoms with Gasteiger partial charge in [-0.1, -0.05) is 145 Å². The Kier molecular flexibility index (Phi) is 17.9. The largest absolute Gasteiger partial charge is 0.490 e. The zero-order valence-electron chi connectivity index (χ0n) is 37.1. The molecule has 1 unspecified atom stereocenters. The molecule has 0 aliphatic heterocycles. The quantitative estimate of drug-likeness (QED) is 0.0373. The number of ether oxygens (including phenoxy) is 3. The number of benzene rings is 4. The molecule has 0 radical (unpaired) electrons. The van der Waals surface area contributed by atoms with Crippen molar-refractivity contribution in [2.45, 2.75) is 111 Å². The van der Waals surface area contributed by atoms with Gasteiger partial charge in [0.15, 0.2) is 0 Å². The first kappa shape index (κ1) is 47.6. The normalized spacial score (nSPS) is 13.3. The Hall–Kier alpha value is -5.03.